The maximum Gasteiger partial charge on any atom is 0.320 e. The number of carbonyl (C=O) groups excluding carboxylic acids is 1. The van der Waals surface area contributed by atoms with Crippen molar-refractivity contribution in [2.75, 3.05) is 24.8 Å². The first-order valence-electron chi connectivity index (χ1n) is 9.48. The van der Waals surface area contributed by atoms with Gasteiger partial charge >= 0.3 is 6.03 Å². The summed E-state index contributed by atoms with van der Waals surface area (Å²) in [5.74, 6) is 0.260. The third-order valence-corrected chi connectivity index (χ3v) is 4.59. The molecule has 1 atom stereocenters. The van der Waals surface area contributed by atoms with Crippen LogP contribution in [0.1, 0.15) is 28.3 Å². The second-order valence-electron chi connectivity index (χ2n) is 6.74. The Kier molecular flexibility index (Phi) is 6.93. The number of ether oxygens (including phenoxy) is 1. The van der Waals surface area contributed by atoms with E-state index in [0.717, 1.165) is 5.56 Å². The lowest BCUT2D eigenvalue weighted by atomic mass is 10.0. The molecule has 31 heavy (non-hydrogen) atoms. The van der Waals surface area contributed by atoms with E-state index in [1.807, 2.05) is 36.4 Å². The molecular weight excluding hydrogens is 392 g/mol. The van der Waals surface area contributed by atoms with Crippen LogP contribution in [0.15, 0.2) is 66.9 Å². The summed E-state index contributed by atoms with van der Waals surface area (Å²) in [7, 11) is 1.57. The molecule has 1 heterocycles. The van der Waals surface area contributed by atoms with Gasteiger partial charge in [-0.3, -0.25) is 10.7 Å². The Morgan fingerprint density at radius 2 is 1.94 bits per heavy atom. The van der Waals surface area contributed by atoms with Gasteiger partial charge in [0.05, 0.1) is 30.0 Å². The van der Waals surface area contributed by atoms with E-state index in [2.05, 4.69) is 15.6 Å². The number of rotatable bonds is 7. The van der Waals surface area contributed by atoms with Gasteiger partial charge in [-0.05, 0) is 17.7 Å². The van der Waals surface area contributed by atoms with E-state index in [-0.39, 0.29) is 17.6 Å². The number of anilines is 2. The maximum atomic E-state index is 12.5. The highest BCUT2D eigenvalue weighted by molar-refractivity contribution is 6.13. The summed E-state index contributed by atoms with van der Waals surface area (Å²) < 4.78 is 5.21. The van der Waals surface area contributed by atoms with Crippen LogP contribution in [0.4, 0.5) is 16.3 Å². The molecule has 0 radical (unpaired) electrons. The number of nitrogen functional groups attached to an aromatic ring is 1. The maximum absolute atomic E-state index is 12.5. The smallest absolute Gasteiger partial charge is 0.320 e. The van der Waals surface area contributed by atoms with Crippen LogP contribution in [-0.2, 0) is 4.74 Å². The molecule has 3 rings (SSSR count). The van der Waals surface area contributed by atoms with Crippen LogP contribution >= 0.6 is 0 Å². The average molecular weight is 414 g/mol. The molecule has 156 valence electrons. The fraction of sp³-hybridized carbons (Fsp3) is 0.130. The van der Waals surface area contributed by atoms with Gasteiger partial charge in [0.2, 0.25) is 0 Å². The topological polar surface area (TPSA) is 137 Å². The molecule has 5 N–H and O–H groups in total. The van der Waals surface area contributed by atoms with E-state index in [1.54, 1.807) is 31.4 Å². The van der Waals surface area contributed by atoms with E-state index in [9.17, 15) is 4.79 Å². The predicted molar refractivity (Wildman–Crippen MR) is 119 cm³/mol. The van der Waals surface area contributed by atoms with Gasteiger partial charge in [0.25, 0.3) is 0 Å². The molecule has 2 amide bonds. The summed E-state index contributed by atoms with van der Waals surface area (Å²) in [6, 6.07) is 18.9. The van der Waals surface area contributed by atoms with E-state index < -0.39 is 6.03 Å². The zero-order valence-electron chi connectivity index (χ0n) is 16.9. The first-order valence-corrected chi connectivity index (χ1v) is 9.48. The van der Waals surface area contributed by atoms with Crippen molar-refractivity contribution in [3.63, 3.8) is 0 Å². The van der Waals surface area contributed by atoms with Crippen molar-refractivity contribution in [1.82, 2.24) is 10.3 Å². The number of benzene rings is 2. The standard InChI is InChI=1S/C23H22N6O2/c1-31-14-20(16-5-3-2-4-6-16)28-23(30)29-21-11-19(25)18(13-27-21)22(26)17-9-7-15(12-24)8-10-17/h2-11,13,20,26H,14H2,1H3,(H4,25,27,28,29,30). The minimum Gasteiger partial charge on any atom is -0.398 e. The highest BCUT2D eigenvalue weighted by Gasteiger charge is 2.16. The molecule has 0 aliphatic heterocycles. The van der Waals surface area contributed by atoms with Crippen LogP contribution < -0.4 is 16.4 Å². The van der Waals surface area contributed by atoms with Crippen molar-refractivity contribution in [3.05, 3.63) is 89.1 Å². The minimum absolute atomic E-state index is 0.176. The van der Waals surface area contributed by atoms with Crippen molar-refractivity contribution in [1.29, 1.82) is 10.7 Å². The van der Waals surface area contributed by atoms with Crippen molar-refractivity contribution in [2.45, 2.75) is 6.04 Å². The lowest BCUT2D eigenvalue weighted by molar-refractivity contribution is 0.168. The highest BCUT2D eigenvalue weighted by Crippen LogP contribution is 2.20. The quantitative estimate of drug-likeness (QED) is 0.439. The molecule has 1 unspecified atom stereocenters. The van der Waals surface area contributed by atoms with E-state index in [1.165, 1.54) is 12.3 Å². The Morgan fingerprint density at radius 1 is 1.23 bits per heavy atom. The molecule has 2 aromatic carbocycles. The van der Waals surface area contributed by atoms with Crippen LogP contribution in [0.3, 0.4) is 0 Å². The number of hydrogen-bond donors (Lipinski definition) is 4. The van der Waals surface area contributed by atoms with Gasteiger partial charge in [-0.15, -0.1) is 0 Å². The third-order valence-electron chi connectivity index (χ3n) is 4.59. The molecule has 0 bridgehead atoms. The zero-order valence-corrected chi connectivity index (χ0v) is 16.9. The van der Waals surface area contributed by atoms with E-state index in [4.69, 9.17) is 21.1 Å². The third kappa shape index (κ3) is 5.44. The van der Waals surface area contributed by atoms with Crippen LogP contribution in [0.5, 0.6) is 0 Å². The summed E-state index contributed by atoms with van der Waals surface area (Å²) in [6.45, 7) is 0.313. The number of carbonyl (C=O) groups is 1. The summed E-state index contributed by atoms with van der Waals surface area (Å²) in [6.07, 6.45) is 1.44. The lowest BCUT2D eigenvalue weighted by Gasteiger charge is -2.19. The molecule has 0 spiro atoms. The Balaban J connectivity index is 1.69. The number of pyridine rings is 1. The number of nitrogens with zero attached hydrogens (tertiary/aromatic N) is 2. The number of amides is 2. The first kappa shape index (κ1) is 21.5. The Labute approximate surface area is 180 Å². The second-order valence-corrected chi connectivity index (χ2v) is 6.74. The lowest BCUT2D eigenvalue weighted by Crippen LogP contribution is -2.35. The number of nitriles is 1. The Morgan fingerprint density at radius 3 is 2.55 bits per heavy atom. The van der Waals surface area contributed by atoms with E-state index >= 15 is 0 Å². The van der Waals surface area contributed by atoms with Crippen molar-refractivity contribution in [3.8, 4) is 6.07 Å². The molecule has 8 heteroatoms. The van der Waals surface area contributed by atoms with Crippen LogP contribution in [-0.4, -0.2) is 30.4 Å². The molecule has 0 saturated heterocycles. The molecule has 0 aliphatic rings. The average Bonchev–Trinajstić information content (AvgIpc) is 2.79. The zero-order chi connectivity index (χ0) is 22.2. The molecule has 0 saturated carbocycles. The number of hydrogen-bond acceptors (Lipinski definition) is 6. The van der Waals surface area contributed by atoms with Crippen molar-refractivity contribution in [2.24, 2.45) is 0 Å². The van der Waals surface area contributed by atoms with Gasteiger partial charge in [-0.1, -0.05) is 42.5 Å². The first-order chi connectivity index (χ1) is 15.0. The number of aromatic nitrogens is 1. The number of urea groups is 1. The molecule has 0 fully saturated rings. The fourth-order valence-electron chi connectivity index (χ4n) is 3.00. The predicted octanol–water partition coefficient (Wildman–Crippen LogP) is 3.46. The van der Waals surface area contributed by atoms with Crippen molar-refractivity contribution < 1.29 is 9.53 Å². The number of nitrogens with two attached hydrogens (primary N) is 1. The van der Waals surface area contributed by atoms with Gasteiger partial charge < -0.3 is 15.8 Å². The largest absolute Gasteiger partial charge is 0.398 e. The Hall–Kier alpha value is -4.22. The Bertz CT molecular complexity index is 1110. The molecule has 3 aromatic rings. The van der Waals surface area contributed by atoms with Crippen LogP contribution in [0, 0.1) is 16.7 Å². The van der Waals surface area contributed by atoms with Gasteiger partial charge in [-0.2, -0.15) is 5.26 Å². The number of methoxy groups -OCH3 is 1. The monoisotopic (exact) mass is 414 g/mol. The van der Waals surface area contributed by atoms with Gasteiger partial charge in [0.15, 0.2) is 0 Å². The number of nitrogens with one attached hydrogen (secondary N) is 3. The molecular formula is C23H22N6O2. The van der Waals surface area contributed by atoms with Crippen molar-refractivity contribution >= 4 is 23.2 Å². The summed E-state index contributed by atoms with van der Waals surface area (Å²) in [4.78, 5) is 16.7. The molecule has 0 aliphatic carbocycles. The van der Waals surface area contributed by atoms with Gasteiger partial charge in [0, 0.05) is 36.2 Å². The summed E-state index contributed by atoms with van der Waals surface area (Å²) >= 11 is 0. The van der Waals surface area contributed by atoms with Gasteiger partial charge in [-0.25, -0.2) is 9.78 Å². The van der Waals surface area contributed by atoms with Gasteiger partial charge in [0.1, 0.15) is 5.82 Å². The molecule has 1 aromatic heterocycles. The minimum atomic E-state index is -0.451. The molecule has 8 nitrogen and oxygen atoms in total. The summed E-state index contributed by atoms with van der Waals surface area (Å²) in [5, 5.41) is 22.8. The normalized spacial score (nSPS) is 11.2. The fourth-order valence-corrected chi connectivity index (χ4v) is 3.00. The van der Waals surface area contributed by atoms with E-state index in [0.29, 0.717) is 29.0 Å². The highest BCUT2D eigenvalue weighted by atomic mass is 16.5. The SMILES string of the molecule is COCC(NC(=O)Nc1cc(N)c(C(=N)c2ccc(C#N)cc2)cn1)c1ccccc1. The second kappa shape index (κ2) is 10.0. The van der Waals surface area contributed by atoms with Crippen LogP contribution in [0.25, 0.3) is 0 Å². The summed E-state index contributed by atoms with van der Waals surface area (Å²) in [5.41, 5.74) is 9.04. The van der Waals surface area contributed by atoms with Crippen LogP contribution in [0.2, 0.25) is 0 Å².